The van der Waals surface area contributed by atoms with Gasteiger partial charge < -0.3 is 10.2 Å². The predicted octanol–water partition coefficient (Wildman–Crippen LogP) is 5.14. The molecule has 1 aromatic rings. The molecule has 1 aliphatic rings. The zero-order valence-electron chi connectivity index (χ0n) is 14.7. The molecule has 0 radical (unpaired) electrons. The van der Waals surface area contributed by atoms with E-state index in [0.29, 0.717) is 34.6 Å². The van der Waals surface area contributed by atoms with E-state index in [4.69, 9.17) is 23.2 Å². The molecule has 0 aromatic heterocycles. The van der Waals surface area contributed by atoms with Gasteiger partial charge in [-0.2, -0.15) is 0 Å². The first-order chi connectivity index (χ1) is 12.0. The normalized spacial score (nSPS) is 15.0. The standard InChI is InChI=1S/C19H26Cl2N2O2/c1-2-23(18(25)12-11-14-7-4-3-5-8-14)13-17(24)22-19-15(20)9-6-10-16(19)21/h6,9-10,14H,2-5,7-8,11-13H2,1H3,(H,22,24). The summed E-state index contributed by atoms with van der Waals surface area (Å²) in [5.74, 6) is 0.406. The second-order valence-electron chi connectivity index (χ2n) is 6.60. The summed E-state index contributed by atoms with van der Waals surface area (Å²) in [4.78, 5) is 26.3. The number of likely N-dealkylation sites (N-methyl/N-ethyl adjacent to an activating group) is 1. The SMILES string of the molecule is CCN(CC(=O)Nc1c(Cl)cccc1Cl)C(=O)CCC1CCCCC1. The van der Waals surface area contributed by atoms with Gasteiger partial charge in [0.25, 0.3) is 0 Å². The number of para-hydroxylation sites is 1. The minimum atomic E-state index is -0.289. The summed E-state index contributed by atoms with van der Waals surface area (Å²) >= 11 is 12.1. The smallest absolute Gasteiger partial charge is 0.244 e. The third-order valence-corrected chi connectivity index (χ3v) is 5.42. The molecule has 1 fully saturated rings. The van der Waals surface area contributed by atoms with Crippen LogP contribution in [0.5, 0.6) is 0 Å². The molecule has 0 saturated heterocycles. The van der Waals surface area contributed by atoms with Crippen LogP contribution in [0, 0.1) is 5.92 Å². The van der Waals surface area contributed by atoms with Crippen molar-refractivity contribution >= 4 is 40.7 Å². The van der Waals surface area contributed by atoms with E-state index in [9.17, 15) is 9.59 Å². The van der Waals surface area contributed by atoms with Gasteiger partial charge in [-0.15, -0.1) is 0 Å². The number of benzene rings is 1. The van der Waals surface area contributed by atoms with Crippen LogP contribution in [0.1, 0.15) is 51.9 Å². The van der Waals surface area contributed by atoms with Gasteiger partial charge in [0.15, 0.2) is 0 Å². The highest BCUT2D eigenvalue weighted by Gasteiger charge is 2.20. The summed E-state index contributed by atoms with van der Waals surface area (Å²) in [7, 11) is 0. The average molecular weight is 385 g/mol. The van der Waals surface area contributed by atoms with Crippen LogP contribution in [0.4, 0.5) is 5.69 Å². The van der Waals surface area contributed by atoms with Gasteiger partial charge in [-0.1, -0.05) is 61.4 Å². The van der Waals surface area contributed by atoms with Crippen molar-refractivity contribution in [3.8, 4) is 0 Å². The Kier molecular flexibility index (Phi) is 8.04. The monoisotopic (exact) mass is 384 g/mol. The lowest BCUT2D eigenvalue weighted by Gasteiger charge is -2.24. The summed E-state index contributed by atoms with van der Waals surface area (Å²) in [6.45, 7) is 2.41. The van der Waals surface area contributed by atoms with Crippen LogP contribution in [0.3, 0.4) is 0 Å². The van der Waals surface area contributed by atoms with E-state index in [1.165, 1.54) is 32.1 Å². The molecule has 1 aromatic carbocycles. The first-order valence-electron chi connectivity index (χ1n) is 9.03. The molecule has 2 rings (SSSR count). The van der Waals surface area contributed by atoms with Gasteiger partial charge in [0, 0.05) is 13.0 Å². The van der Waals surface area contributed by atoms with Crippen LogP contribution >= 0.6 is 23.2 Å². The molecule has 1 N–H and O–H groups in total. The van der Waals surface area contributed by atoms with Gasteiger partial charge in [0.2, 0.25) is 11.8 Å². The number of carbonyl (C=O) groups is 2. The van der Waals surface area contributed by atoms with Crippen molar-refractivity contribution < 1.29 is 9.59 Å². The molecular weight excluding hydrogens is 359 g/mol. The van der Waals surface area contributed by atoms with Gasteiger partial charge in [-0.25, -0.2) is 0 Å². The van der Waals surface area contributed by atoms with Gasteiger partial charge in [-0.3, -0.25) is 9.59 Å². The number of amides is 2. The Hall–Kier alpha value is -1.26. The largest absolute Gasteiger partial charge is 0.334 e. The van der Waals surface area contributed by atoms with E-state index < -0.39 is 0 Å². The second kappa shape index (κ2) is 10.0. The highest BCUT2D eigenvalue weighted by Crippen LogP contribution is 2.30. The van der Waals surface area contributed by atoms with Crippen molar-refractivity contribution in [2.45, 2.75) is 51.9 Å². The highest BCUT2D eigenvalue weighted by atomic mass is 35.5. The van der Waals surface area contributed by atoms with Crippen LogP contribution in [-0.4, -0.2) is 29.8 Å². The van der Waals surface area contributed by atoms with Crippen LogP contribution in [0.2, 0.25) is 10.0 Å². The number of hydrogen-bond donors (Lipinski definition) is 1. The Morgan fingerprint density at radius 1 is 1.16 bits per heavy atom. The van der Waals surface area contributed by atoms with Crippen molar-refractivity contribution in [2.75, 3.05) is 18.4 Å². The molecule has 2 amide bonds. The maximum Gasteiger partial charge on any atom is 0.244 e. The third kappa shape index (κ3) is 6.19. The zero-order valence-corrected chi connectivity index (χ0v) is 16.2. The topological polar surface area (TPSA) is 49.4 Å². The van der Waals surface area contributed by atoms with E-state index in [1.807, 2.05) is 6.92 Å². The average Bonchev–Trinajstić information content (AvgIpc) is 2.61. The molecule has 1 aliphatic carbocycles. The fraction of sp³-hybridized carbons (Fsp3) is 0.579. The number of carbonyl (C=O) groups excluding carboxylic acids is 2. The van der Waals surface area contributed by atoms with Crippen molar-refractivity contribution in [3.05, 3.63) is 28.2 Å². The zero-order chi connectivity index (χ0) is 18.2. The lowest BCUT2D eigenvalue weighted by molar-refractivity contribution is -0.134. The number of nitrogens with zero attached hydrogens (tertiary/aromatic N) is 1. The van der Waals surface area contributed by atoms with E-state index >= 15 is 0 Å². The molecule has 4 nitrogen and oxygen atoms in total. The van der Waals surface area contributed by atoms with Gasteiger partial charge in [0.1, 0.15) is 0 Å². The van der Waals surface area contributed by atoms with E-state index in [0.717, 1.165) is 6.42 Å². The Morgan fingerprint density at radius 3 is 2.40 bits per heavy atom. The minimum Gasteiger partial charge on any atom is -0.334 e. The van der Waals surface area contributed by atoms with Gasteiger partial charge >= 0.3 is 0 Å². The maximum atomic E-state index is 12.4. The summed E-state index contributed by atoms with van der Waals surface area (Å²) < 4.78 is 0. The lowest BCUT2D eigenvalue weighted by Crippen LogP contribution is -2.38. The van der Waals surface area contributed by atoms with Crippen LogP contribution in [-0.2, 0) is 9.59 Å². The quantitative estimate of drug-likeness (QED) is 0.707. The Labute approximate surface area is 159 Å². The van der Waals surface area contributed by atoms with Crippen molar-refractivity contribution in [1.29, 1.82) is 0 Å². The molecule has 138 valence electrons. The summed E-state index contributed by atoms with van der Waals surface area (Å²) in [6.07, 6.45) is 7.76. The summed E-state index contributed by atoms with van der Waals surface area (Å²) in [5.41, 5.74) is 0.390. The molecule has 0 heterocycles. The molecule has 6 heteroatoms. The van der Waals surface area contributed by atoms with Gasteiger partial charge in [0.05, 0.1) is 22.3 Å². The van der Waals surface area contributed by atoms with E-state index in [1.54, 1.807) is 23.1 Å². The van der Waals surface area contributed by atoms with Crippen molar-refractivity contribution in [3.63, 3.8) is 0 Å². The molecule has 0 unspecified atom stereocenters. The molecule has 0 atom stereocenters. The highest BCUT2D eigenvalue weighted by molar-refractivity contribution is 6.39. The van der Waals surface area contributed by atoms with Crippen molar-refractivity contribution in [2.24, 2.45) is 5.92 Å². The first kappa shape index (κ1) is 20.1. The fourth-order valence-electron chi connectivity index (χ4n) is 3.31. The number of halogens is 2. The third-order valence-electron chi connectivity index (χ3n) is 4.79. The van der Waals surface area contributed by atoms with Crippen LogP contribution < -0.4 is 5.32 Å². The number of anilines is 1. The van der Waals surface area contributed by atoms with Crippen molar-refractivity contribution in [1.82, 2.24) is 4.90 Å². The number of nitrogens with one attached hydrogen (secondary N) is 1. The molecule has 0 bridgehead atoms. The Bertz CT molecular complexity index is 581. The van der Waals surface area contributed by atoms with Gasteiger partial charge in [-0.05, 0) is 31.4 Å². The van der Waals surface area contributed by atoms with Crippen LogP contribution in [0.15, 0.2) is 18.2 Å². The van der Waals surface area contributed by atoms with E-state index in [-0.39, 0.29) is 18.4 Å². The van der Waals surface area contributed by atoms with Crippen LogP contribution in [0.25, 0.3) is 0 Å². The number of hydrogen-bond acceptors (Lipinski definition) is 2. The van der Waals surface area contributed by atoms with E-state index in [2.05, 4.69) is 5.32 Å². The Morgan fingerprint density at radius 2 is 1.80 bits per heavy atom. The summed E-state index contributed by atoms with van der Waals surface area (Å²) in [5, 5.41) is 3.47. The fourth-order valence-corrected chi connectivity index (χ4v) is 3.80. The summed E-state index contributed by atoms with van der Waals surface area (Å²) in [6, 6.07) is 5.04. The molecule has 1 saturated carbocycles. The first-order valence-corrected chi connectivity index (χ1v) is 9.78. The minimum absolute atomic E-state index is 0.0154. The second-order valence-corrected chi connectivity index (χ2v) is 7.41. The Balaban J connectivity index is 1.85. The molecular formula is C19H26Cl2N2O2. The predicted molar refractivity (Wildman–Crippen MR) is 103 cm³/mol. The molecule has 25 heavy (non-hydrogen) atoms. The molecule has 0 aliphatic heterocycles. The number of rotatable bonds is 7. The maximum absolute atomic E-state index is 12.4. The lowest BCUT2D eigenvalue weighted by atomic mass is 9.86. The molecule has 0 spiro atoms.